The lowest BCUT2D eigenvalue weighted by Gasteiger charge is -2.23. The number of tetrazole rings is 1. The van der Waals surface area contributed by atoms with Gasteiger partial charge >= 0.3 is 0 Å². The standard InChI is InChI=1S/C18H16BrN5/c1-2-12-3-5-14(6-4-12)17-11-16(13-7-9-15(19)10-8-13)20-18-21-22-23-24(17)18/h3-11,17H,2H2,1H3,(H,20,21,23). The SMILES string of the molecule is CCc1ccc(C2C=C(c3ccc(Br)cc3)Nc3nnnn32)cc1. The van der Waals surface area contributed by atoms with Crippen molar-refractivity contribution in [1.29, 1.82) is 0 Å². The van der Waals surface area contributed by atoms with Gasteiger partial charge in [0.1, 0.15) is 6.04 Å². The van der Waals surface area contributed by atoms with E-state index in [1.165, 1.54) is 5.56 Å². The number of benzene rings is 2. The largest absolute Gasteiger partial charge is 0.323 e. The van der Waals surface area contributed by atoms with Gasteiger partial charge in [0, 0.05) is 10.2 Å². The van der Waals surface area contributed by atoms with Crippen LogP contribution in [0.2, 0.25) is 0 Å². The van der Waals surface area contributed by atoms with E-state index in [1.807, 2.05) is 16.8 Å². The Morgan fingerprint density at radius 1 is 1.08 bits per heavy atom. The molecule has 1 atom stereocenters. The van der Waals surface area contributed by atoms with Crippen LogP contribution >= 0.6 is 15.9 Å². The van der Waals surface area contributed by atoms with Crippen LogP contribution in [0, 0.1) is 0 Å². The Hall–Kier alpha value is -2.47. The van der Waals surface area contributed by atoms with Gasteiger partial charge in [-0.05, 0) is 51.7 Å². The predicted molar refractivity (Wildman–Crippen MR) is 97.5 cm³/mol. The second-order valence-corrected chi connectivity index (χ2v) is 6.61. The van der Waals surface area contributed by atoms with Gasteiger partial charge in [-0.3, -0.25) is 0 Å². The Morgan fingerprint density at radius 3 is 2.54 bits per heavy atom. The number of allylic oxidation sites excluding steroid dienone is 1. The van der Waals surface area contributed by atoms with E-state index in [-0.39, 0.29) is 6.04 Å². The number of aryl methyl sites for hydroxylation is 1. The third-order valence-corrected chi connectivity index (χ3v) is 4.74. The number of nitrogens with one attached hydrogen (secondary N) is 1. The van der Waals surface area contributed by atoms with E-state index >= 15 is 0 Å². The minimum Gasteiger partial charge on any atom is -0.323 e. The molecule has 1 aliphatic heterocycles. The molecule has 5 nitrogen and oxygen atoms in total. The van der Waals surface area contributed by atoms with E-state index in [0.717, 1.165) is 27.7 Å². The summed E-state index contributed by atoms with van der Waals surface area (Å²) in [6.07, 6.45) is 3.19. The highest BCUT2D eigenvalue weighted by Crippen LogP contribution is 2.32. The van der Waals surface area contributed by atoms with Crippen molar-refractivity contribution in [1.82, 2.24) is 20.2 Å². The zero-order valence-corrected chi connectivity index (χ0v) is 14.7. The average molecular weight is 382 g/mol. The van der Waals surface area contributed by atoms with Crippen LogP contribution in [0.3, 0.4) is 0 Å². The van der Waals surface area contributed by atoms with E-state index in [2.05, 4.69) is 86.2 Å². The van der Waals surface area contributed by atoms with Crippen LogP contribution in [0.25, 0.3) is 5.70 Å². The lowest BCUT2D eigenvalue weighted by molar-refractivity contribution is 0.585. The summed E-state index contributed by atoms with van der Waals surface area (Å²) in [5, 5.41) is 15.4. The van der Waals surface area contributed by atoms with Crippen molar-refractivity contribution >= 4 is 27.6 Å². The van der Waals surface area contributed by atoms with Crippen molar-refractivity contribution in [3.8, 4) is 0 Å². The summed E-state index contributed by atoms with van der Waals surface area (Å²) >= 11 is 3.47. The first-order valence-corrected chi connectivity index (χ1v) is 8.65. The molecule has 2 aromatic carbocycles. The highest BCUT2D eigenvalue weighted by atomic mass is 79.9. The van der Waals surface area contributed by atoms with Gasteiger partial charge in [-0.25, -0.2) is 0 Å². The molecular weight excluding hydrogens is 366 g/mol. The average Bonchev–Trinajstić information content (AvgIpc) is 3.10. The number of hydrogen-bond donors (Lipinski definition) is 1. The zero-order chi connectivity index (χ0) is 16.5. The maximum Gasteiger partial charge on any atom is 0.248 e. The molecule has 1 aromatic heterocycles. The number of rotatable bonds is 3. The lowest BCUT2D eigenvalue weighted by atomic mass is 10.00. The molecule has 4 rings (SSSR count). The number of hydrogen-bond acceptors (Lipinski definition) is 4. The van der Waals surface area contributed by atoms with Gasteiger partial charge in [0.25, 0.3) is 0 Å². The molecule has 0 saturated carbocycles. The van der Waals surface area contributed by atoms with Crippen molar-refractivity contribution < 1.29 is 0 Å². The second kappa shape index (κ2) is 6.20. The summed E-state index contributed by atoms with van der Waals surface area (Å²) < 4.78 is 2.86. The normalized spacial score (nSPS) is 16.2. The molecule has 24 heavy (non-hydrogen) atoms. The van der Waals surface area contributed by atoms with Gasteiger partial charge in [0.05, 0.1) is 0 Å². The number of aromatic nitrogens is 4. The Balaban J connectivity index is 1.77. The lowest BCUT2D eigenvalue weighted by Crippen LogP contribution is -2.20. The summed E-state index contributed by atoms with van der Waals surface area (Å²) in [5.41, 5.74) is 4.59. The van der Waals surface area contributed by atoms with Gasteiger partial charge in [0.15, 0.2) is 0 Å². The first-order valence-electron chi connectivity index (χ1n) is 7.86. The second-order valence-electron chi connectivity index (χ2n) is 5.70. The number of nitrogens with zero attached hydrogens (tertiary/aromatic N) is 4. The van der Waals surface area contributed by atoms with Crippen LogP contribution in [0.15, 0.2) is 59.1 Å². The van der Waals surface area contributed by atoms with Gasteiger partial charge in [-0.1, -0.05) is 64.4 Å². The quantitative estimate of drug-likeness (QED) is 0.743. The molecule has 2 heterocycles. The number of halogens is 1. The van der Waals surface area contributed by atoms with E-state index < -0.39 is 0 Å². The molecule has 1 unspecified atom stereocenters. The van der Waals surface area contributed by atoms with Crippen molar-refractivity contribution in [2.24, 2.45) is 0 Å². The van der Waals surface area contributed by atoms with Crippen molar-refractivity contribution in [3.05, 3.63) is 75.8 Å². The first kappa shape index (κ1) is 15.1. The maximum atomic E-state index is 4.14. The summed E-state index contributed by atoms with van der Waals surface area (Å²) in [5.74, 6) is 0.653. The molecule has 6 heteroatoms. The highest BCUT2D eigenvalue weighted by Gasteiger charge is 2.24. The van der Waals surface area contributed by atoms with Crippen molar-refractivity contribution in [2.45, 2.75) is 19.4 Å². The topological polar surface area (TPSA) is 55.6 Å². The molecule has 0 aliphatic carbocycles. The van der Waals surface area contributed by atoms with Crippen molar-refractivity contribution in [2.75, 3.05) is 5.32 Å². The fraction of sp³-hybridized carbons (Fsp3) is 0.167. The summed E-state index contributed by atoms with van der Waals surface area (Å²) in [7, 11) is 0. The molecule has 0 radical (unpaired) electrons. The first-order chi connectivity index (χ1) is 11.7. The number of fused-ring (bicyclic) bond motifs is 1. The fourth-order valence-electron chi connectivity index (χ4n) is 2.84. The smallest absolute Gasteiger partial charge is 0.248 e. The van der Waals surface area contributed by atoms with Gasteiger partial charge in [-0.2, -0.15) is 4.68 Å². The molecule has 120 valence electrons. The monoisotopic (exact) mass is 381 g/mol. The van der Waals surface area contributed by atoms with Crippen molar-refractivity contribution in [3.63, 3.8) is 0 Å². The van der Waals surface area contributed by atoms with Crippen LogP contribution in [-0.4, -0.2) is 20.2 Å². The Labute approximate surface area is 148 Å². The highest BCUT2D eigenvalue weighted by molar-refractivity contribution is 9.10. The van der Waals surface area contributed by atoms with Crippen LogP contribution in [0.4, 0.5) is 5.95 Å². The molecule has 0 saturated heterocycles. The van der Waals surface area contributed by atoms with Crippen LogP contribution < -0.4 is 5.32 Å². The fourth-order valence-corrected chi connectivity index (χ4v) is 3.10. The minimum absolute atomic E-state index is 0.0270. The van der Waals surface area contributed by atoms with Crippen LogP contribution in [0.1, 0.15) is 29.7 Å². The predicted octanol–water partition coefficient (Wildman–Crippen LogP) is 4.05. The molecule has 1 N–H and O–H groups in total. The summed E-state index contributed by atoms with van der Waals surface area (Å²) in [6.45, 7) is 2.16. The van der Waals surface area contributed by atoms with Gasteiger partial charge in [0.2, 0.25) is 5.95 Å². The van der Waals surface area contributed by atoms with E-state index in [9.17, 15) is 0 Å². The Morgan fingerprint density at radius 2 is 1.83 bits per heavy atom. The van der Waals surface area contributed by atoms with E-state index in [4.69, 9.17) is 0 Å². The molecule has 1 aliphatic rings. The minimum atomic E-state index is -0.0270. The molecule has 0 fully saturated rings. The summed E-state index contributed by atoms with van der Waals surface area (Å²) in [4.78, 5) is 0. The van der Waals surface area contributed by atoms with Gasteiger partial charge in [-0.15, -0.1) is 0 Å². The van der Waals surface area contributed by atoms with Crippen LogP contribution in [-0.2, 0) is 6.42 Å². The third-order valence-electron chi connectivity index (χ3n) is 4.21. The molecule has 0 amide bonds. The molecule has 0 bridgehead atoms. The summed E-state index contributed by atoms with van der Waals surface area (Å²) in [6, 6.07) is 16.8. The van der Waals surface area contributed by atoms with Crippen LogP contribution in [0.5, 0.6) is 0 Å². The third kappa shape index (κ3) is 2.73. The molecular formula is C18H16BrN5. The maximum absolute atomic E-state index is 4.14. The number of anilines is 1. The van der Waals surface area contributed by atoms with Gasteiger partial charge < -0.3 is 5.32 Å². The Kier molecular flexibility index (Phi) is 3.90. The zero-order valence-electron chi connectivity index (χ0n) is 13.1. The molecule has 0 spiro atoms. The molecule has 3 aromatic rings. The van der Waals surface area contributed by atoms with E-state index in [0.29, 0.717) is 5.95 Å². The Bertz CT molecular complexity index is 881. The van der Waals surface area contributed by atoms with E-state index in [1.54, 1.807) is 0 Å².